The summed E-state index contributed by atoms with van der Waals surface area (Å²) in [6, 6.07) is 12.0. The molecule has 0 bridgehead atoms. The normalized spacial score (nSPS) is 21.8. The first kappa shape index (κ1) is 26.0. The summed E-state index contributed by atoms with van der Waals surface area (Å²) >= 11 is 6.26. The van der Waals surface area contributed by atoms with E-state index in [2.05, 4.69) is 39.7 Å². The third kappa shape index (κ3) is 7.10. The van der Waals surface area contributed by atoms with E-state index in [-0.39, 0.29) is 30.5 Å². The molecule has 0 aliphatic carbocycles. The maximum Gasteiger partial charge on any atom is 0.191 e. The monoisotopic (exact) mass is 560 g/mol. The van der Waals surface area contributed by atoms with Crippen molar-refractivity contribution in [2.75, 3.05) is 33.2 Å². The van der Waals surface area contributed by atoms with Crippen molar-refractivity contribution in [3.63, 3.8) is 0 Å². The summed E-state index contributed by atoms with van der Waals surface area (Å²) in [5, 5.41) is 18.2. The lowest BCUT2D eigenvalue weighted by molar-refractivity contribution is 0.0436. The first-order valence-electron chi connectivity index (χ1n) is 10.6. The van der Waals surface area contributed by atoms with E-state index in [1.807, 2.05) is 19.1 Å². The highest BCUT2D eigenvalue weighted by molar-refractivity contribution is 14.0. The summed E-state index contributed by atoms with van der Waals surface area (Å²) in [7, 11) is 2.18. The van der Waals surface area contributed by atoms with Gasteiger partial charge in [0, 0.05) is 24.2 Å². The standard InChI is InChI=1S/C23H33ClN4O2.HI/c1-4-25-22(27-16-23(2,29)20-11-7-13-30-20)26-15-18-9-6-12-28(3)21(18)17-8-5-10-19(24)14-17;/h5,7-8,10-11,13-14,18,21,29H,4,6,9,12,15-16H2,1-3H3,(H2,25,26,27);1H. The summed E-state index contributed by atoms with van der Waals surface area (Å²) in [5.41, 5.74) is 0.0967. The predicted octanol–water partition coefficient (Wildman–Crippen LogP) is 4.40. The highest BCUT2D eigenvalue weighted by Gasteiger charge is 2.31. The molecule has 1 aliphatic rings. The van der Waals surface area contributed by atoms with Gasteiger partial charge >= 0.3 is 0 Å². The SMILES string of the molecule is CCNC(=NCC(C)(O)c1ccco1)NCC1CCCN(C)C1c1cccc(Cl)c1.I. The molecule has 3 rings (SSSR count). The number of halogens is 2. The summed E-state index contributed by atoms with van der Waals surface area (Å²) in [4.78, 5) is 7.02. The molecular weight excluding hydrogens is 527 g/mol. The first-order valence-corrected chi connectivity index (χ1v) is 11.0. The number of nitrogens with one attached hydrogen (secondary N) is 2. The summed E-state index contributed by atoms with van der Waals surface area (Å²) < 4.78 is 5.35. The Hall–Kier alpha value is -1.29. The van der Waals surface area contributed by atoms with Crippen molar-refractivity contribution in [2.45, 2.75) is 38.3 Å². The van der Waals surface area contributed by atoms with E-state index in [0.717, 1.165) is 31.1 Å². The van der Waals surface area contributed by atoms with Gasteiger partial charge in [-0.3, -0.25) is 4.90 Å². The first-order chi connectivity index (χ1) is 14.4. The van der Waals surface area contributed by atoms with E-state index in [1.54, 1.807) is 25.3 Å². The maximum atomic E-state index is 10.7. The zero-order chi connectivity index (χ0) is 21.6. The second-order valence-electron chi connectivity index (χ2n) is 8.21. The quantitative estimate of drug-likeness (QED) is 0.266. The van der Waals surface area contributed by atoms with Gasteiger partial charge in [0.2, 0.25) is 0 Å². The van der Waals surface area contributed by atoms with Crippen LogP contribution in [0.3, 0.4) is 0 Å². The molecule has 2 aromatic rings. The van der Waals surface area contributed by atoms with Gasteiger partial charge in [0.25, 0.3) is 0 Å². The van der Waals surface area contributed by atoms with Crippen molar-refractivity contribution in [2.24, 2.45) is 10.9 Å². The van der Waals surface area contributed by atoms with Crippen LogP contribution >= 0.6 is 35.6 Å². The molecule has 8 heteroatoms. The number of rotatable bonds is 7. The molecule has 1 aromatic carbocycles. The van der Waals surface area contributed by atoms with Gasteiger partial charge in [0.15, 0.2) is 5.96 Å². The Morgan fingerprint density at radius 1 is 1.32 bits per heavy atom. The number of aliphatic imine (C=N–C) groups is 1. The molecule has 1 aliphatic heterocycles. The molecule has 1 saturated heterocycles. The number of hydrogen-bond donors (Lipinski definition) is 3. The third-order valence-electron chi connectivity index (χ3n) is 5.67. The Morgan fingerprint density at radius 2 is 2.13 bits per heavy atom. The number of likely N-dealkylation sites (tertiary alicyclic amines) is 1. The highest BCUT2D eigenvalue weighted by atomic mass is 127. The van der Waals surface area contributed by atoms with Crippen molar-refractivity contribution >= 4 is 41.5 Å². The van der Waals surface area contributed by atoms with Crippen molar-refractivity contribution in [1.29, 1.82) is 0 Å². The Balaban J connectivity index is 0.00000341. The van der Waals surface area contributed by atoms with Crippen molar-refractivity contribution in [3.05, 3.63) is 59.0 Å². The molecule has 0 amide bonds. The maximum absolute atomic E-state index is 10.7. The average molecular weight is 561 g/mol. The second-order valence-corrected chi connectivity index (χ2v) is 8.65. The molecule has 31 heavy (non-hydrogen) atoms. The largest absolute Gasteiger partial charge is 0.466 e. The lowest BCUT2D eigenvalue weighted by Crippen LogP contribution is -2.45. The van der Waals surface area contributed by atoms with Crippen LogP contribution in [-0.4, -0.2) is 49.2 Å². The minimum atomic E-state index is -1.15. The van der Waals surface area contributed by atoms with Crippen LogP contribution in [0.2, 0.25) is 5.02 Å². The Kier molecular flexibility index (Phi) is 10.1. The molecule has 1 aromatic heterocycles. The topological polar surface area (TPSA) is 73.0 Å². The van der Waals surface area contributed by atoms with E-state index >= 15 is 0 Å². The fraction of sp³-hybridized carbons (Fsp3) is 0.522. The van der Waals surface area contributed by atoms with E-state index < -0.39 is 5.60 Å². The molecule has 3 N–H and O–H groups in total. The number of aliphatic hydroxyl groups is 1. The van der Waals surface area contributed by atoms with Gasteiger partial charge in [-0.1, -0.05) is 23.7 Å². The van der Waals surface area contributed by atoms with E-state index in [1.165, 1.54) is 12.0 Å². The number of piperidine rings is 1. The fourth-order valence-corrected chi connectivity index (χ4v) is 4.35. The number of nitrogens with zero attached hydrogens (tertiary/aromatic N) is 2. The average Bonchev–Trinajstić information content (AvgIpc) is 3.26. The molecule has 172 valence electrons. The molecule has 6 nitrogen and oxygen atoms in total. The van der Waals surface area contributed by atoms with E-state index in [9.17, 15) is 5.11 Å². The van der Waals surface area contributed by atoms with Gasteiger partial charge in [-0.15, -0.1) is 24.0 Å². The summed E-state index contributed by atoms with van der Waals surface area (Å²) in [6.07, 6.45) is 3.87. The van der Waals surface area contributed by atoms with E-state index in [4.69, 9.17) is 16.0 Å². The van der Waals surface area contributed by atoms with Crippen LogP contribution < -0.4 is 10.6 Å². The van der Waals surface area contributed by atoms with Crippen LogP contribution in [0.25, 0.3) is 0 Å². The van der Waals surface area contributed by atoms with Gasteiger partial charge in [0.1, 0.15) is 11.4 Å². The highest BCUT2D eigenvalue weighted by Crippen LogP contribution is 2.35. The van der Waals surface area contributed by atoms with Gasteiger partial charge in [-0.05, 0) is 76.0 Å². The van der Waals surface area contributed by atoms with Gasteiger partial charge < -0.3 is 20.2 Å². The van der Waals surface area contributed by atoms with Crippen LogP contribution in [0.15, 0.2) is 52.1 Å². The van der Waals surface area contributed by atoms with Gasteiger partial charge in [0.05, 0.1) is 12.8 Å². The number of benzene rings is 1. The van der Waals surface area contributed by atoms with Crippen LogP contribution in [0.5, 0.6) is 0 Å². The molecule has 1 fully saturated rings. The summed E-state index contributed by atoms with van der Waals surface area (Å²) in [6.45, 7) is 6.56. The zero-order valence-electron chi connectivity index (χ0n) is 18.5. The Bertz CT molecular complexity index is 829. The van der Waals surface area contributed by atoms with Gasteiger partial charge in [-0.2, -0.15) is 0 Å². The predicted molar refractivity (Wildman–Crippen MR) is 137 cm³/mol. The number of furan rings is 1. The van der Waals surface area contributed by atoms with Crippen molar-refractivity contribution in [3.8, 4) is 0 Å². The van der Waals surface area contributed by atoms with Crippen molar-refractivity contribution < 1.29 is 9.52 Å². The van der Waals surface area contributed by atoms with Gasteiger partial charge in [-0.25, -0.2) is 4.99 Å². The molecule has 0 spiro atoms. The van der Waals surface area contributed by atoms with Crippen LogP contribution in [0.1, 0.15) is 44.1 Å². The molecule has 0 saturated carbocycles. The lowest BCUT2D eigenvalue weighted by atomic mass is 9.85. The molecule has 2 heterocycles. The third-order valence-corrected chi connectivity index (χ3v) is 5.91. The molecule has 0 radical (unpaired) electrons. The molecule has 3 unspecified atom stereocenters. The molecular formula is C23H34ClIN4O2. The van der Waals surface area contributed by atoms with Crippen LogP contribution in [-0.2, 0) is 5.60 Å². The van der Waals surface area contributed by atoms with Crippen LogP contribution in [0, 0.1) is 5.92 Å². The fourth-order valence-electron chi connectivity index (χ4n) is 4.16. The van der Waals surface area contributed by atoms with Crippen LogP contribution in [0.4, 0.5) is 0 Å². The minimum absolute atomic E-state index is 0. The number of hydrogen-bond acceptors (Lipinski definition) is 4. The smallest absolute Gasteiger partial charge is 0.191 e. The Labute approximate surface area is 207 Å². The molecule has 3 atom stereocenters. The summed E-state index contributed by atoms with van der Waals surface area (Å²) in [5.74, 6) is 1.64. The Morgan fingerprint density at radius 3 is 2.81 bits per heavy atom. The zero-order valence-corrected chi connectivity index (χ0v) is 21.6. The lowest BCUT2D eigenvalue weighted by Gasteiger charge is -2.40. The second kappa shape index (κ2) is 12.1. The van der Waals surface area contributed by atoms with E-state index in [0.29, 0.717) is 23.7 Å². The number of guanidine groups is 1. The van der Waals surface area contributed by atoms with Crippen molar-refractivity contribution in [1.82, 2.24) is 15.5 Å². The minimum Gasteiger partial charge on any atom is -0.466 e.